The highest BCUT2D eigenvalue weighted by Crippen LogP contribution is 2.26. The predicted molar refractivity (Wildman–Crippen MR) is 70.5 cm³/mol. The maximum absolute atomic E-state index is 12.1. The van der Waals surface area contributed by atoms with Gasteiger partial charge in [0, 0.05) is 19.8 Å². The largest absolute Gasteiger partial charge is 0.351 e. The zero-order valence-electron chi connectivity index (χ0n) is 11.4. The Labute approximate surface area is 108 Å². The van der Waals surface area contributed by atoms with Crippen molar-refractivity contribution in [1.82, 2.24) is 20.4 Å². The van der Waals surface area contributed by atoms with E-state index in [9.17, 15) is 4.79 Å². The van der Waals surface area contributed by atoms with Gasteiger partial charge in [-0.3, -0.25) is 9.48 Å². The van der Waals surface area contributed by atoms with Crippen LogP contribution in [0.3, 0.4) is 0 Å². The molecule has 0 bridgehead atoms. The van der Waals surface area contributed by atoms with Crippen LogP contribution in [0, 0.1) is 12.3 Å². The zero-order chi connectivity index (χ0) is 13.2. The van der Waals surface area contributed by atoms with Crippen molar-refractivity contribution < 1.29 is 4.79 Å². The third-order valence-corrected chi connectivity index (χ3v) is 3.74. The summed E-state index contributed by atoms with van der Waals surface area (Å²) in [7, 11) is 1.83. The van der Waals surface area contributed by atoms with E-state index < -0.39 is 0 Å². The molecule has 1 aliphatic heterocycles. The third kappa shape index (κ3) is 2.90. The van der Waals surface area contributed by atoms with Gasteiger partial charge in [-0.15, -0.1) is 0 Å². The van der Waals surface area contributed by atoms with Gasteiger partial charge in [-0.05, 0) is 38.3 Å². The van der Waals surface area contributed by atoms with Crippen LogP contribution in [0.2, 0.25) is 0 Å². The summed E-state index contributed by atoms with van der Waals surface area (Å²) in [5.74, 6) is -0.0136. The highest BCUT2D eigenvalue weighted by atomic mass is 16.1. The first-order valence-electron chi connectivity index (χ1n) is 6.49. The van der Waals surface area contributed by atoms with Gasteiger partial charge in [-0.25, -0.2) is 0 Å². The molecule has 5 heteroatoms. The lowest BCUT2D eigenvalue weighted by Gasteiger charge is -2.34. The quantitative estimate of drug-likeness (QED) is 0.836. The molecule has 2 heterocycles. The van der Waals surface area contributed by atoms with Gasteiger partial charge in [0.1, 0.15) is 0 Å². The monoisotopic (exact) mass is 250 g/mol. The van der Waals surface area contributed by atoms with Crippen molar-refractivity contribution >= 4 is 5.91 Å². The zero-order valence-corrected chi connectivity index (χ0v) is 11.4. The van der Waals surface area contributed by atoms with Crippen molar-refractivity contribution in [3.05, 3.63) is 17.5 Å². The Kier molecular flexibility index (Phi) is 3.71. The van der Waals surface area contributed by atoms with Crippen molar-refractivity contribution in [2.45, 2.75) is 26.7 Å². The lowest BCUT2D eigenvalue weighted by Crippen LogP contribution is -2.42. The number of hydrogen-bond acceptors (Lipinski definition) is 3. The van der Waals surface area contributed by atoms with E-state index in [1.807, 2.05) is 14.0 Å². The molecule has 0 radical (unpaired) electrons. The molecule has 2 rings (SSSR count). The summed E-state index contributed by atoms with van der Waals surface area (Å²) in [5.41, 5.74) is 1.68. The van der Waals surface area contributed by atoms with Crippen LogP contribution in [0.1, 0.15) is 35.8 Å². The Morgan fingerprint density at radius 1 is 1.56 bits per heavy atom. The highest BCUT2D eigenvalue weighted by Gasteiger charge is 2.27. The van der Waals surface area contributed by atoms with E-state index in [2.05, 4.69) is 22.7 Å². The van der Waals surface area contributed by atoms with E-state index in [1.54, 1.807) is 10.9 Å². The molecule has 0 atom stereocenters. The number of amides is 1. The van der Waals surface area contributed by atoms with E-state index >= 15 is 0 Å². The molecular formula is C13H22N4O. The van der Waals surface area contributed by atoms with Crippen LogP contribution in [0.5, 0.6) is 0 Å². The van der Waals surface area contributed by atoms with Crippen LogP contribution < -0.4 is 10.6 Å². The number of aromatic nitrogens is 2. The summed E-state index contributed by atoms with van der Waals surface area (Å²) in [4.78, 5) is 12.1. The molecule has 18 heavy (non-hydrogen) atoms. The van der Waals surface area contributed by atoms with Crippen LogP contribution in [0.4, 0.5) is 0 Å². The number of aryl methyl sites for hydroxylation is 2. The van der Waals surface area contributed by atoms with Crippen LogP contribution in [0.25, 0.3) is 0 Å². The smallest absolute Gasteiger partial charge is 0.254 e. The second-order valence-corrected chi connectivity index (χ2v) is 5.55. The van der Waals surface area contributed by atoms with E-state index in [-0.39, 0.29) is 11.3 Å². The predicted octanol–water partition coefficient (Wildman–Crippen LogP) is 0.848. The van der Waals surface area contributed by atoms with E-state index in [0.29, 0.717) is 5.56 Å². The second-order valence-electron chi connectivity index (χ2n) is 5.55. The summed E-state index contributed by atoms with van der Waals surface area (Å²) in [6.45, 7) is 6.92. The average Bonchev–Trinajstić information content (AvgIpc) is 2.67. The van der Waals surface area contributed by atoms with Gasteiger partial charge in [-0.2, -0.15) is 5.10 Å². The summed E-state index contributed by atoms with van der Waals surface area (Å²) in [6.07, 6.45) is 3.99. The van der Waals surface area contributed by atoms with Crippen LogP contribution in [-0.2, 0) is 7.05 Å². The van der Waals surface area contributed by atoms with Gasteiger partial charge >= 0.3 is 0 Å². The molecule has 0 unspecified atom stereocenters. The molecule has 0 aliphatic carbocycles. The lowest BCUT2D eigenvalue weighted by atomic mass is 9.81. The molecule has 1 aliphatic rings. The molecule has 0 spiro atoms. The molecular weight excluding hydrogens is 228 g/mol. The van der Waals surface area contributed by atoms with E-state index in [0.717, 1.165) is 38.2 Å². The van der Waals surface area contributed by atoms with Gasteiger partial charge in [0.15, 0.2) is 0 Å². The van der Waals surface area contributed by atoms with E-state index in [4.69, 9.17) is 0 Å². The molecule has 1 amide bonds. The topological polar surface area (TPSA) is 59.0 Å². The maximum atomic E-state index is 12.1. The first-order chi connectivity index (χ1) is 8.50. The molecule has 0 saturated carbocycles. The molecule has 1 aromatic rings. The Balaban J connectivity index is 1.94. The van der Waals surface area contributed by atoms with Gasteiger partial charge in [0.25, 0.3) is 5.91 Å². The Morgan fingerprint density at radius 3 is 2.78 bits per heavy atom. The first kappa shape index (κ1) is 13.1. The minimum Gasteiger partial charge on any atom is -0.351 e. The summed E-state index contributed by atoms with van der Waals surface area (Å²) >= 11 is 0. The lowest BCUT2D eigenvalue weighted by molar-refractivity contribution is 0.0921. The van der Waals surface area contributed by atoms with Crippen molar-refractivity contribution in [1.29, 1.82) is 0 Å². The Bertz CT molecular complexity index is 432. The fourth-order valence-electron chi connectivity index (χ4n) is 2.42. The highest BCUT2D eigenvalue weighted by molar-refractivity contribution is 5.95. The van der Waals surface area contributed by atoms with E-state index in [1.165, 1.54) is 0 Å². The number of rotatable bonds is 3. The Hall–Kier alpha value is -1.36. The number of nitrogens with one attached hydrogen (secondary N) is 2. The Morgan fingerprint density at radius 2 is 2.22 bits per heavy atom. The van der Waals surface area contributed by atoms with Gasteiger partial charge in [0.05, 0.1) is 11.3 Å². The summed E-state index contributed by atoms with van der Waals surface area (Å²) in [6, 6.07) is 0. The normalized spacial score (nSPS) is 18.6. The van der Waals surface area contributed by atoms with Crippen LogP contribution in [-0.4, -0.2) is 35.3 Å². The number of nitrogens with zero attached hydrogens (tertiary/aromatic N) is 2. The minimum absolute atomic E-state index is 0.0136. The minimum atomic E-state index is -0.0136. The fraction of sp³-hybridized carbons (Fsp3) is 0.692. The molecule has 100 valence electrons. The number of hydrogen-bond donors (Lipinski definition) is 2. The molecule has 2 N–H and O–H groups in total. The van der Waals surface area contributed by atoms with Crippen LogP contribution in [0.15, 0.2) is 6.20 Å². The molecule has 1 saturated heterocycles. The number of carbonyl (C=O) groups excluding carboxylic acids is 1. The standard InChI is InChI=1S/C13H22N4O/c1-10-11(8-17(3)16-10)12(18)15-9-13(2)4-6-14-7-5-13/h8,14H,4-7,9H2,1-3H3,(H,15,18). The van der Waals surface area contributed by atoms with Crippen molar-refractivity contribution in [2.24, 2.45) is 12.5 Å². The second kappa shape index (κ2) is 5.10. The summed E-state index contributed by atoms with van der Waals surface area (Å²) in [5, 5.41) is 10.6. The third-order valence-electron chi connectivity index (χ3n) is 3.74. The van der Waals surface area contributed by atoms with Gasteiger partial charge < -0.3 is 10.6 Å². The fourth-order valence-corrected chi connectivity index (χ4v) is 2.42. The molecule has 1 aromatic heterocycles. The molecule has 1 fully saturated rings. The number of piperidine rings is 1. The molecule has 0 aromatic carbocycles. The van der Waals surface area contributed by atoms with Gasteiger partial charge in [-0.1, -0.05) is 6.92 Å². The SMILES string of the molecule is Cc1nn(C)cc1C(=O)NCC1(C)CCNCC1. The van der Waals surface area contributed by atoms with Crippen LogP contribution >= 0.6 is 0 Å². The van der Waals surface area contributed by atoms with Crippen molar-refractivity contribution in [2.75, 3.05) is 19.6 Å². The molecule has 5 nitrogen and oxygen atoms in total. The van der Waals surface area contributed by atoms with Gasteiger partial charge in [0.2, 0.25) is 0 Å². The number of carbonyl (C=O) groups is 1. The van der Waals surface area contributed by atoms with Crippen molar-refractivity contribution in [3.63, 3.8) is 0 Å². The average molecular weight is 250 g/mol. The van der Waals surface area contributed by atoms with Crippen molar-refractivity contribution in [3.8, 4) is 0 Å². The first-order valence-corrected chi connectivity index (χ1v) is 6.49. The summed E-state index contributed by atoms with van der Waals surface area (Å²) < 4.78 is 1.68. The maximum Gasteiger partial charge on any atom is 0.254 e.